The van der Waals surface area contributed by atoms with Gasteiger partial charge in [-0.15, -0.1) is 6.42 Å². The number of amidine groups is 1. The van der Waals surface area contributed by atoms with E-state index in [0.29, 0.717) is 11.4 Å². The van der Waals surface area contributed by atoms with Crippen LogP contribution in [0.2, 0.25) is 0 Å². The minimum Gasteiger partial charge on any atom is -0.382 e. The zero-order valence-corrected chi connectivity index (χ0v) is 9.09. The molecule has 17 heavy (non-hydrogen) atoms. The summed E-state index contributed by atoms with van der Waals surface area (Å²) in [6.45, 7) is 0.287. The van der Waals surface area contributed by atoms with E-state index in [4.69, 9.17) is 17.6 Å². The normalized spacial score (nSPS) is 9.82. The number of nitrogens with two attached hydrogens (primary N) is 1. The summed E-state index contributed by atoms with van der Waals surface area (Å²) in [7, 11) is 0. The standard InChI is InChI=1S/C12H11N5/c1-2-6-17-11(12(13)14)7-10(16-17)9-4-3-5-15-8-9/h1,3-5,7-8H,6H2,(H3,13,14). The third kappa shape index (κ3) is 2.16. The summed E-state index contributed by atoms with van der Waals surface area (Å²) in [6.07, 6.45) is 8.63. The maximum absolute atomic E-state index is 7.46. The van der Waals surface area contributed by atoms with Crippen LogP contribution in [0.1, 0.15) is 5.69 Å². The molecule has 0 saturated heterocycles. The number of terminal acetylenes is 1. The summed E-state index contributed by atoms with van der Waals surface area (Å²) in [4.78, 5) is 4.02. The van der Waals surface area contributed by atoms with Crippen LogP contribution in [-0.2, 0) is 6.54 Å². The second kappa shape index (κ2) is 4.49. The van der Waals surface area contributed by atoms with Crippen LogP contribution in [0.15, 0.2) is 30.6 Å². The van der Waals surface area contributed by atoms with Gasteiger partial charge in [-0.1, -0.05) is 5.92 Å². The molecule has 84 valence electrons. The lowest BCUT2D eigenvalue weighted by atomic mass is 10.2. The van der Waals surface area contributed by atoms with Gasteiger partial charge in [-0.2, -0.15) is 5.10 Å². The van der Waals surface area contributed by atoms with E-state index < -0.39 is 0 Å². The van der Waals surface area contributed by atoms with Crippen molar-refractivity contribution in [3.63, 3.8) is 0 Å². The first-order chi connectivity index (χ1) is 8.22. The van der Waals surface area contributed by atoms with Crippen molar-refractivity contribution in [2.45, 2.75) is 6.54 Å². The maximum Gasteiger partial charge on any atom is 0.141 e. The first kappa shape index (κ1) is 10.9. The highest BCUT2D eigenvalue weighted by Gasteiger charge is 2.10. The second-order valence-corrected chi connectivity index (χ2v) is 3.43. The van der Waals surface area contributed by atoms with Gasteiger partial charge < -0.3 is 5.73 Å². The summed E-state index contributed by atoms with van der Waals surface area (Å²) in [6, 6.07) is 5.44. The number of pyridine rings is 1. The number of hydrogen-bond donors (Lipinski definition) is 2. The Labute approximate surface area is 98.8 Å². The van der Waals surface area contributed by atoms with Gasteiger partial charge in [0.25, 0.3) is 0 Å². The number of nitrogens with one attached hydrogen (secondary N) is 1. The molecule has 5 nitrogen and oxygen atoms in total. The molecule has 0 fully saturated rings. The molecule has 0 aliphatic carbocycles. The van der Waals surface area contributed by atoms with E-state index in [2.05, 4.69) is 16.0 Å². The van der Waals surface area contributed by atoms with Crippen LogP contribution in [0.4, 0.5) is 0 Å². The van der Waals surface area contributed by atoms with Gasteiger partial charge in [0.05, 0.1) is 5.69 Å². The third-order valence-corrected chi connectivity index (χ3v) is 2.25. The maximum atomic E-state index is 7.46. The second-order valence-electron chi connectivity index (χ2n) is 3.43. The van der Waals surface area contributed by atoms with Crippen molar-refractivity contribution < 1.29 is 0 Å². The Morgan fingerprint density at radius 2 is 2.41 bits per heavy atom. The zero-order chi connectivity index (χ0) is 12.3. The predicted octanol–water partition coefficient (Wildman–Crippen LogP) is 0.862. The van der Waals surface area contributed by atoms with Gasteiger partial charge >= 0.3 is 0 Å². The van der Waals surface area contributed by atoms with Crippen LogP contribution in [0.25, 0.3) is 11.3 Å². The summed E-state index contributed by atoms with van der Waals surface area (Å²) < 4.78 is 1.53. The van der Waals surface area contributed by atoms with E-state index in [1.807, 2.05) is 12.1 Å². The first-order valence-electron chi connectivity index (χ1n) is 4.98. The quantitative estimate of drug-likeness (QED) is 0.462. The minimum absolute atomic E-state index is 0.0529. The van der Waals surface area contributed by atoms with Crippen LogP contribution in [0.5, 0.6) is 0 Å². The lowest BCUT2D eigenvalue weighted by Crippen LogP contribution is -2.17. The van der Waals surface area contributed by atoms with Crippen LogP contribution in [0.3, 0.4) is 0 Å². The Bertz CT molecular complexity index is 577. The van der Waals surface area contributed by atoms with Gasteiger partial charge in [0.15, 0.2) is 0 Å². The zero-order valence-electron chi connectivity index (χ0n) is 9.09. The van der Waals surface area contributed by atoms with Gasteiger partial charge in [-0.25, -0.2) is 4.68 Å². The molecule has 0 aromatic carbocycles. The van der Waals surface area contributed by atoms with Crippen LogP contribution in [-0.4, -0.2) is 20.6 Å². The molecule has 0 radical (unpaired) electrons. The van der Waals surface area contributed by atoms with Crippen molar-refractivity contribution in [3.05, 3.63) is 36.3 Å². The number of rotatable bonds is 3. The summed E-state index contributed by atoms with van der Waals surface area (Å²) in [5.41, 5.74) is 7.56. The van der Waals surface area contributed by atoms with Crippen LogP contribution in [0, 0.1) is 17.8 Å². The molecule has 0 unspecified atom stereocenters. The molecular formula is C12H11N5. The fourth-order valence-electron chi connectivity index (χ4n) is 1.50. The molecule has 0 aliphatic heterocycles. The monoisotopic (exact) mass is 225 g/mol. The summed E-state index contributed by atoms with van der Waals surface area (Å²) in [5.74, 6) is 2.42. The van der Waals surface area contributed by atoms with Crippen molar-refractivity contribution in [2.75, 3.05) is 0 Å². The number of nitrogen functional groups attached to an aromatic ring is 1. The van der Waals surface area contributed by atoms with E-state index in [1.54, 1.807) is 18.5 Å². The molecule has 2 aromatic heterocycles. The number of nitrogens with zero attached hydrogens (tertiary/aromatic N) is 3. The largest absolute Gasteiger partial charge is 0.382 e. The van der Waals surface area contributed by atoms with E-state index in [9.17, 15) is 0 Å². The molecule has 0 saturated carbocycles. The lowest BCUT2D eigenvalue weighted by Gasteiger charge is -1.99. The van der Waals surface area contributed by atoms with Crippen LogP contribution >= 0.6 is 0 Å². The van der Waals surface area contributed by atoms with Gasteiger partial charge in [-0.05, 0) is 18.2 Å². The summed E-state index contributed by atoms with van der Waals surface area (Å²) >= 11 is 0. The highest BCUT2D eigenvalue weighted by Crippen LogP contribution is 2.17. The molecular weight excluding hydrogens is 214 g/mol. The highest BCUT2D eigenvalue weighted by molar-refractivity contribution is 5.94. The van der Waals surface area contributed by atoms with E-state index >= 15 is 0 Å². The Morgan fingerprint density at radius 3 is 3.00 bits per heavy atom. The SMILES string of the molecule is C#CCn1nc(-c2cccnc2)cc1C(=N)N. The molecule has 0 amide bonds. The topological polar surface area (TPSA) is 80.6 Å². The lowest BCUT2D eigenvalue weighted by molar-refractivity contribution is 0.710. The van der Waals surface area contributed by atoms with E-state index in [0.717, 1.165) is 5.56 Å². The van der Waals surface area contributed by atoms with Crippen molar-refractivity contribution in [1.82, 2.24) is 14.8 Å². The Kier molecular flexibility index (Phi) is 2.88. The van der Waals surface area contributed by atoms with Gasteiger partial charge in [0, 0.05) is 18.0 Å². The third-order valence-electron chi connectivity index (χ3n) is 2.25. The van der Waals surface area contributed by atoms with Crippen molar-refractivity contribution in [3.8, 4) is 23.6 Å². The molecule has 0 spiro atoms. The average Bonchev–Trinajstić information content (AvgIpc) is 2.75. The van der Waals surface area contributed by atoms with E-state index in [1.165, 1.54) is 4.68 Å². The summed E-state index contributed by atoms with van der Waals surface area (Å²) in [5, 5.41) is 11.8. The number of hydrogen-bond acceptors (Lipinski definition) is 3. The molecule has 2 heterocycles. The molecule has 2 aromatic rings. The molecule has 2 rings (SSSR count). The van der Waals surface area contributed by atoms with Gasteiger partial charge in [-0.3, -0.25) is 10.4 Å². The smallest absolute Gasteiger partial charge is 0.141 e. The predicted molar refractivity (Wildman–Crippen MR) is 65.3 cm³/mol. The molecule has 0 aliphatic rings. The molecule has 0 atom stereocenters. The Balaban J connectivity index is 2.48. The number of aromatic nitrogens is 3. The van der Waals surface area contributed by atoms with Crippen molar-refractivity contribution >= 4 is 5.84 Å². The van der Waals surface area contributed by atoms with Gasteiger partial charge in [0.1, 0.15) is 18.1 Å². The minimum atomic E-state index is -0.0529. The first-order valence-corrected chi connectivity index (χ1v) is 4.98. The van der Waals surface area contributed by atoms with Crippen LogP contribution < -0.4 is 5.73 Å². The van der Waals surface area contributed by atoms with Gasteiger partial charge in [0.2, 0.25) is 0 Å². The van der Waals surface area contributed by atoms with E-state index in [-0.39, 0.29) is 12.4 Å². The van der Waals surface area contributed by atoms with Crippen molar-refractivity contribution in [2.24, 2.45) is 5.73 Å². The molecule has 5 heteroatoms. The molecule has 0 bridgehead atoms. The Morgan fingerprint density at radius 1 is 1.59 bits per heavy atom. The average molecular weight is 225 g/mol. The molecule has 3 N–H and O–H groups in total. The van der Waals surface area contributed by atoms with Crippen molar-refractivity contribution in [1.29, 1.82) is 5.41 Å². The highest BCUT2D eigenvalue weighted by atomic mass is 15.3. The Hall–Kier alpha value is -2.61. The fraction of sp³-hybridized carbons (Fsp3) is 0.0833. The fourth-order valence-corrected chi connectivity index (χ4v) is 1.50.